The van der Waals surface area contributed by atoms with Crippen molar-refractivity contribution < 1.29 is 9.84 Å². The van der Waals surface area contributed by atoms with E-state index < -0.39 is 0 Å². The highest BCUT2D eigenvalue weighted by Crippen LogP contribution is 2.21. The van der Waals surface area contributed by atoms with Gasteiger partial charge in [0.05, 0.1) is 13.2 Å². The van der Waals surface area contributed by atoms with Crippen LogP contribution in [0.5, 0.6) is 5.75 Å². The fourth-order valence-electron chi connectivity index (χ4n) is 1.93. The molecule has 2 aromatic rings. The summed E-state index contributed by atoms with van der Waals surface area (Å²) in [6.45, 7) is 8.42. The summed E-state index contributed by atoms with van der Waals surface area (Å²) < 4.78 is 7.53. The van der Waals surface area contributed by atoms with Crippen LogP contribution in [0, 0.1) is 13.8 Å². The Bertz CT molecular complexity index is 605. The van der Waals surface area contributed by atoms with Gasteiger partial charge in [-0.05, 0) is 31.0 Å². The topological polar surface area (TPSA) is 60.2 Å². The van der Waals surface area contributed by atoms with E-state index in [1.54, 1.807) is 10.8 Å². The number of aliphatic hydroxyl groups is 1. The molecule has 0 aliphatic carbocycles. The predicted molar refractivity (Wildman–Crippen MR) is 76.4 cm³/mol. The van der Waals surface area contributed by atoms with Crippen LogP contribution in [0.2, 0.25) is 0 Å². The maximum atomic E-state index is 9.30. The van der Waals surface area contributed by atoms with Crippen LogP contribution in [0.4, 0.5) is 0 Å². The number of aromatic nitrogens is 3. The van der Waals surface area contributed by atoms with E-state index in [2.05, 4.69) is 16.9 Å². The Kier molecular flexibility index (Phi) is 4.53. The monoisotopic (exact) mass is 273 g/mol. The molecule has 1 aromatic carbocycles. The van der Waals surface area contributed by atoms with E-state index in [4.69, 9.17) is 4.74 Å². The molecule has 1 N–H and O–H groups in total. The summed E-state index contributed by atoms with van der Waals surface area (Å²) in [6, 6.07) is 6.07. The first-order chi connectivity index (χ1) is 9.65. The predicted octanol–water partition coefficient (Wildman–Crippen LogP) is 2.15. The molecule has 1 heterocycles. The molecule has 0 fully saturated rings. The molecular formula is C15H19N3O2. The Morgan fingerprint density at radius 3 is 2.90 bits per heavy atom. The summed E-state index contributed by atoms with van der Waals surface area (Å²) in [6.07, 6.45) is 1.73. The summed E-state index contributed by atoms with van der Waals surface area (Å²) in [5.41, 5.74) is 3.53. The van der Waals surface area contributed by atoms with Crippen LogP contribution >= 0.6 is 0 Å². The molecule has 0 radical (unpaired) electrons. The van der Waals surface area contributed by atoms with Crippen molar-refractivity contribution in [3.63, 3.8) is 0 Å². The van der Waals surface area contributed by atoms with Crippen molar-refractivity contribution >= 4 is 0 Å². The standard InChI is InChI=1S/C15H19N3O2/c1-4-7-18-14(13(9-19)16-17-18)10-20-15-8-11(2)5-6-12(15)3/h4-6,8,19H,1,7,9-10H2,2-3H3. The first kappa shape index (κ1) is 14.3. The van der Waals surface area contributed by atoms with Gasteiger partial charge in [-0.3, -0.25) is 0 Å². The molecule has 5 heteroatoms. The number of benzene rings is 1. The fraction of sp³-hybridized carbons (Fsp3) is 0.333. The zero-order valence-corrected chi connectivity index (χ0v) is 11.8. The van der Waals surface area contributed by atoms with E-state index in [1.165, 1.54) is 0 Å². The molecule has 20 heavy (non-hydrogen) atoms. The number of aliphatic hydroxyl groups excluding tert-OH is 1. The van der Waals surface area contributed by atoms with E-state index in [0.29, 0.717) is 18.8 Å². The number of ether oxygens (including phenoxy) is 1. The minimum absolute atomic E-state index is 0.150. The lowest BCUT2D eigenvalue weighted by Gasteiger charge is -2.11. The Hall–Kier alpha value is -2.14. The minimum atomic E-state index is -0.150. The number of allylic oxidation sites excluding steroid dienone is 1. The van der Waals surface area contributed by atoms with Gasteiger partial charge in [0, 0.05) is 0 Å². The van der Waals surface area contributed by atoms with Crippen LogP contribution in [0.3, 0.4) is 0 Å². The van der Waals surface area contributed by atoms with Crippen molar-refractivity contribution in [3.8, 4) is 5.75 Å². The molecule has 0 spiro atoms. The number of hydrogen-bond acceptors (Lipinski definition) is 4. The SMILES string of the molecule is C=CCn1nnc(CO)c1COc1cc(C)ccc1C. The summed E-state index contributed by atoms with van der Waals surface area (Å²) >= 11 is 0. The van der Waals surface area contributed by atoms with Crippen molar-refractivity contribution in [2.75, 3.05) is 0 Å². The maximum Gasteiger partial charge on any atom is 0.132 e. The van der Waals surface area contributed by atoms with Crippen LogP contribution in [0.15, 0.2) is 30.9 Å². The quantitative estimate of drug-likeness (QED) is 0.819. The van der Waals surface area contributed by atoms with Gasteiger partial charge < -0.3 is 9.84 Å². The minimum Gasteiger partial charge on any atom is -0.487 e. The molecule has 0 atom stereocenters. The van der Waals surface area contributed by atoms with Gasteiger partial charge in [-0.15, -0.1) is 11.7 Å². The summed E-state index contributed by atoms with van der Waals surface area (Å²) in [4.78, 5) is 0. The molecule has 0 saturated heterocycles. The van der Waals surface area contributed by atoms with Gasteiger partial charge in [0.15, 0.2) is 0 Å². The number of hydrogen-bond donors (Lipinski definition) is 1. The Labute approximate surface area is 118 Å². The van der Waals surface area contributed by atoms with E-state index in [-0.39, 0.29) is 6.61 Å². The van der Waals surface area contributed by atoms with Crippen molar-refractivity contribution in [1.29, 1.82) is 0 Å². The largest absolute Gasteiger partial charge is 0.487 e. The highest BCUT2D eigenvalue weighted by atomic mass is 16.5. The van der Waals surface area contributed by atoms with Gasteiger partial charge >= 0.3 is 0 Å². The molecule has 0 saturated carbocycles. The van der Waals surface area contributed by atoms with Crippen molar-refractivity contribution in [2.45, 2.75) is 33.6 Å². The van der Waals surface area contributed by atoms with E-state index in [1.807, 2.05) is 32.0 Å². The first-order valence-corrected chi connectivity index (χ1v) is 6.48. The number of rotatable bonds is 6. The highest BCUT2D eigenvalue weighted by Gasteiger charge is 2.12. The smallest absolute Gasteiger partial charge is 0.132 e. The average molecular weight is 273 g/mol. The lowest BCUT2D eigenvalue weighted by molar-refractivity contribution is 0.261. The van der Waals surface area contributed by atoms with Gasteiger partial charge in [0.1, 0.15) is 23.7 Å². The molecule has 0 unspecified atom stereocenters. The lowest BCUT2D eigenvalue weighted by Crippen LogP contribution is -2.09. The van der Waals surface area contributed by atoms with Crippen molar-refractivity contribution in [1.82, 2.24) is 15.0 Å². The molecule has 1 aromatic heterocycles. The molecular weight excluding hydrogens is 254 g/mol. The van der Waals surface area contributed by atoms with Crippen molar-refractivity contribution in [3.05, 3.63) is 53.4 Å². The zero-order chi connectivity index (χ0) is 14.5. The molecule has 2 rings (SSSR count). The van der Waals surface area contributed by atoms with Crippen LogP contribution in [0.1, 0.15) is 22.5 Å². The molecule has 0 aliphatic rings. The third kappa shape index (κ3) is 3.05. The van der Waals surface area contributed by atoms with Crippen LogP contribution in [-0.2, 0) is 19.8 Å². The maximum absolute atomic E-state index is 9.30. The number of aryl methyl sites for hydroxylation is 2. The molecule has 5 nitrogen and oxygen atoms in total. The Balaban J connectivity index is 2.19. The summed E-state index contributed by atoms with van der Waals surface area (Å²) in [7, 11) is 0. The summed E-state index contributed by atoms with van der Waals surface area (Å²) in [5.74, 6) is 0.834. The average Bonchev–Trinajstić information content (AvgIpc) is 2.82. The van der Waals surface area contributed by atoms with Crippen LogP contribution in [-0.4, -0.2) is 20.1 Å². The third-order valence-electron chi connectivity index (χ3n) is 3.08. The number of nitrogens with zero attached hydrogens (tertiary/aromatic N) is 3. The van der Waals surface area contributed by atoms with E-state index in [0.717, 1.165) is 22.6 Å². The van der Waals surface area contributed by atoms with Crippen LogP contribution < -0.4 is 4.74 Å². The second-order valence-corrected chi connectivity index (χ2v) is 4.67. The van der Waals surface area contributed by atoms with Gasteiger partial charge in [-0.1, -0.05) is 23.4 Å². The van der Waals surface area contributed by atoms with Gasteiger partial charge in [0.2, 0.25) is 0 Å². The highest BCUT2D eigenvalue weighted by molar-refractivity contribution is 5.36. The third-order valence-corrected chi connectivity index (χ3v) is 3.08. The molecule has 106 valence electrons. The van der Waals surface area contributed by atoms with Gasteiger partial charge in [0.25, 0.3) is 0 Å². The van der Waals surface area contributed by atoms with E-state index >= 15 is 0 Å². The summed E-state index contributed by atoms with van der Waals surface area (Å²) in [5, 5.41) is 17.2. The normalized spacial score (nSPS) is 10.6. The van der Waals surface area contributed by atoms with Gasteiger partial charge in [-0.2, -0.15) is 0 Å². The van der Waals surface area contributed by atoms with Crippen molar-refractivity contribution in [2.24, 2.45) is 0 Å². The second-order valence-electron chi connectivity index (χ2n) is 4.67. The first-order valence-electron chi connectivity index (χ1n) is 6.48. The molecule has 0 amide bonds. The van der Waals surface area contributed by atoms with E-state index in [9.17, 15) is 5.11 Å². The molecule has 0 aliphatic heterocycles. The fourth-order valence-corrected chi connectivity index (χ4v) is 1.93. The second kappa shape index (κ2) is 6.34. The zero-order valence-electron chi connectivity index (χ0n) is 11.8. The van der Waals surface area contributed by atoms with Gasteiger partial charge in [-0.25, -0.2) is 4.68 Å². The lowest BCUT2D eigenvalue weighted by atomic mass is 10.1. The Morgan fingerprint density at radius 2 is 2.20 bits per heavy atom. The Morgan fingerprint density at radius 1 is 1.40 bits per heavy atom. The van der Waals surface area contributed by atoms with Crippen LogP contribution in [0.25, 0.3) is 0 Å². The molecule has 0 bridgehead atoms.